The van der Waals surface area contributed by atoms with Gasteiger partial charge in [0.1, 0.15) is 6.33 Å². The summed E-state index contributed by atoms with van der Waals surface area (Å²) < 4.78 is 7.82. The van der Waals surface area contributed by atoms with Crippen LogP contribution in [0.1, 0.15) is 11.3 Å². The van der Waals surface area contributed by atoms with Gasteiger partial charge < -0.3 is 15.8 Å². The number of nitrogens with one attached hydrogen (secondary N) is 1. The molecule has 32 heavy (non-hydrogen) atoms. The number of pyridine rings is 1. The zero-order valence-electron chi connectivity index (χ0n) is 17.6. The third kappa shape index (κ3) is 4.31. The van der Waals surface area contributed by atoms with Crippen molar-refractivity contribution < 1.29 is 4.74 Å². The van der Waals surface area contributed by atoms with Crippen LogP contribution in [0.4, 0.5) is 17.6 Å². The van der Waals surface area contributed by atoms with Crippen LogP contribution in [0, 0.1) is 6.92 Å². The van der Waals surface area contributed by atoms with Gasteiger partial charge in [-0.3, -0.25) is 9.88 Å². The van der Waals surface area contributed by atoms with Crippen molar-refractivity contribution in [1.29, 1.82) is 0 Å². The SMILES string of the molecule is Cc1csc2c(-n3nc(Nc4ccc(C=CCN5CCOCC5)nc4)nc3N)ncnc12. The molecule has 164 valence electrons. The highest BCUT2D eigenvalue weighted by molar-refractivity contribution is 7.17. The van der Waals surface area contributed by atoms with E-state index in [0.717, 1.165) is 60.0 Å². The Hall–Kier alpha value is -3.41. The number of hydrogen-bond acceptors (Lipinski definition) is 10. The molecule has 1 aliphatic heterocycles. The second-order valence-electron chi connectivity index (χ2n) is 7.41. The Labute approximate surface area is 188 Å². The first-order chi connectivity index (χ1) is 15.7. The van der Waals surface area contributed by atoms with Gasteiger partial charge in [-0.2, -0.15) is 9.67 Å². The average molecular weight is 450 g/mol. The van der Waals surface area contributed by atoms with Crippen molar-refractivity contribution in [1.82, 2.24) is 34.6 Å². The van der Waals surface area contributed by atoms with Gasteiger partial charge in [-0.05, 0) is 36.1 Å². The van der Waals surface area contributed by atoms with E-state index in [4.69, 9.17) is 10.5 Å². The second-order valence-corrected chi connectivity index (χ2v) is 8.29. The Morgan fingerprint density at radius 1 is 1.22 bits per heavy atom. The number of nitrogen functional groups attached to an aromatic ring is 1. The van der Waals surface area contributed by atoms with E-state index in [0.29, 0.717) is 11.8 Å². The van der Waals surface area contributed by atoms with Crippen LogP contribution in [-0.2, 0) is 4.74 Å². The molecule has 1 fully saturated rings. The molecule has 0 radical (unpaired) electrons. The summed E-state index contributed by atoms with van der Waals surface area (Å²) in [6.07, 6.45) is 7.41. The third-order valence-electron chi connectivity index (χ3n) is 5.14. The molecule has 0 bridgehead atoms. The highest BCUT2D eigenvalue weighted by Gasteiger charge is 2.15. The van der Waals surface area contributed by atoms with Crippen LogP contribution in [0.15, 0.2) is 36.1 Å². The molecule has 1 saturated heterocycles. The number of aromatic nitrogens is 6. The number of rotatable bonds is 6. The lowest BCUT2D eigenvalue weighted by atomic mass is 10.3. The van der Waals surface area contributed by atoms with E-state index in [-0.39, 0.29) is 5.95 Å². The number of nitrogens with zero attached hydrogens (tertiary/aromatic N) is 7. The maximum Gasteiger partial charge on any atom is 0.248 e. The molecule has 5 heterocycles. The van der Waals surface area contributed by atoms with Crippen LogP contribution in [0.3, 0.4) is 0 Å². The molecule has 0 atom stereocenters. The Kier molecular flexibility index (Phi) is 5.75. The molecule has 11 heteroatoms. The number of fused-ring (bicyclic) bond motifs is 1. The number of nitrogens with two attached hydrogens (primary N) is 1. The smallest absolute Gasteiger partial charge is 0.248 e. The van der Waals surface area contributed by atoms with Crippen LogP contribution in [0.5, 0.6) is 0 Å². The summed E-state index contributed by atoms with van der Waals surface area (Å²) >= 11 is 1.56. The molecule has 4 aromatic rings. The predicted octanol–water partition coefficient (Wildman–Crippen LogP) is 2.65. The van der Waals surface area contributed by atoms with Gasteiger partial charge in [0, 0.05) is 19.6 Å². The zero-order chi connectivity index (χ0) is 21.9. The normalized spacial score (nSPS) is 15.0. The van der Waals surface area contributed by atoms with Gasteiger partial charge in [0.25, 0.3) is 0 Å². The van der Waals surface area contributed by atoms with Gasteiger partial charge in [-0.1, -0.05) is 6.08 Å². The fraction of sp³-hybridized carbons (Fsp3) is 0.286. The summed E-state index contributed by atoms with van der Waals surface area (Å²) in [5, 5.41) is 9.68. The molecule has 5 rings (SSSR count). The van der Waals surface area contributed by atoms with Crippen molar-refractivity contribution in [2.75, 3.05) is 43.9 Å². The minimum absolute atomic E-state index is 0.245. The minimum atomic E-state index is 0.245. The Morgan fingerprint density at radius 3 is 2.91 bits per heavy atom. The molecule has 0 spiro atoms. The highest BCUT2D eigenvalue weighted by Crippen LogP contribution is 2.28. The fourth-order valence-corrected chi connectivity index (χ4v) is 4.43. The Balaban J connectivity index is 1.27. The standard InChI is InChI=1S/C21H23N9OS/c1-14-12-32-18-17(14)24-13-25-19(18)30-20(22)27-21(28-30)26-16-5-4-15(23-11-16)3-2-6-29-7-9-31-10-8-29/h2-5,11-13H,6-10H2,1H3,(H3,22,26,27,28). The summed E-state index contributed by atoms with van der Waals surface area (Å²) in [7, 11) is 0. The van der Waals surface area contributed by atoms with Gasteiger partial charge in [-0.25, -0.2) is 9.97 Å². The Bertz CT molecular complexity index is 1240. The second kappa shape index (κ2) is 8.99. The van der Waals surface area contributed by atoms with E-state index >= 15 is 0 Å². The molecule has 3 N–H and O–H groups in total. The molecule has 0 saturated carbocycles. The van der Waals surface area contributed by atoms with Crippen LogP contribution in [0.2, 0.25) is 0 Å². The lowest BCUT2D eigenvalue weighted by Gasteiger charge is -2.25. The van der Waals surface area contributed by atoms with E-state index in [1.807, 2.05) is 30.5 Å². The van der Waals surface area contributed by atoms with Crippen molar-refractivity contribution in [3.63, 3.8) is 0 Å². The summed E-state index contributed by atoms with van der Waals surface area (Å²) in [5.74, 6) is 1.24. The highest BCUT2D eigenvalue weighted by atomic mass is 32.1. The fourth-order valence-electron chi connectivity index (χ4n) is 3.45. The van der Waals surface area contributed by atoms with E-state index in [1.165, 1.54) is 11.0 Å². The molecular formula is C21H23N9OS. The number of morpholine rings is 1. The lowest BCUT2D eigenvalue weighted by molar-refractivity contribution is 0.0435. The first-order valence-corrected chi connectivity index (χ1v) is 11.2. The van der Waals surface area contributed by atoms with Crippen molar-refractivity contribution in [3.8, 4) is 5.82 Å². The van der Waals surface area contributed by atoms with Gasteiger partial charge in [-0.15, -0.1) is 16.4 Å². The average Bonchev–Trinajstić information content (AvgIpc) is 3.38. The summed E-state index contributed by atoms with van der Waals surface area (Å²) in [6, 6.07) is 3.88. The third-order valence-corrected chi connectivity index (χ3v) is 6.23. The Morgan fingerprint density at radius 2 is 2.09 bits per heavy atom. The first kappa shape index (κ1) is 20.5. The maximum absolute atomic E-state index is 6.12. The van der Waals surface area contributed by atoms with Gasteiger partial charge in [0.15, 0.2) is 5.82 Å². The van der Waals surface area contributed by atoms with Gasteiger partial charge in [0.2, 0.25) is 11.9 Å². The van der Waals surface area contributed by atoms with Gasteiger partial charge >= 0.3 is 0 Å². The summed E-state index contributed by atoms with van der Waals surface area (Å²) in [5.41, 5.74) is 9.77. The molecular weight excluding hydrogens is 426 g/mol. The molecule has 1 aliphatic rings. The molecule has 0 amide bonds. The number of aryl methyl sites for hydroxylation is 1. The van der Waals surface area contributed by atoms with Gasteiger partial charge in [0.05, 0.1) is 41.0 Å². The van der Waals surface area contributed by atoms with Crippen LogP contribution < -0.4 is 11.1 Å². The zero-order valence-corrected chi connectivity index (χ0v) is 18.4. The quantitative estimate of drug-likeness (QED) is 0.458. The lowest BCUT2D eigenvalue weighted by Crippen LogP contribution is -2.36. The van der Waals surface area contributed by atoms with E-state index in [9.17, 15) is 0 Å². The van der Waals surface area contributed by atoms with E-state index in [1.54, 1.807) is 17.5 Å². The van der Waals surface area contributed by atoms with Crippen molar-refractivity contribution in [2.45, 2.75) is 6.92 Å². The summed E-state index contributed by atoms with van der Waals surface area (Å²) in [6.45, 7) is 6.45. The minimum Gasteiger partial charge on any atom is -0.379 e. The number of hydrogen-bond donors (Lipinski definition) is 2. The van der Waals surface area contributed by atoms with E-state index < -0.39 is 0 Å². The molecule has 0 unspecified atom stereocenters. The largest absolute Gasteiger partial charge is 0.379 e. The topological polar surface area (TPSA) is 120 Å². The molecule has 10 nitrogen and oxygen atoms in total. The van der Waals surface area contributed by atoms with Crippen molar-refractivity contribution in [3.05, 3.63) is 47.4 Å². The van der Waals surface area contributed by atoms with Crippen molar-refractivity contribution >= 4 is 45.2 Å². The number of thiophene rings is 1. The molecule has 0 aliphatic carbocycles. The maximum atomic E-state index is 6.12. The van der Waals surface area contributed by atoms with Crippen LogP contribution in [-0.4, -0.2) is 67.5 Å². The number of ether oxygens (including phenoxy) is 1. The molecule has 0 aromatic carbocycles. The van der Waals surface area contributed by atoms with E-state index in [2.05, 4.69) is 41.3 Å². The molecule has 4 aromatic heterocycles. The first-order valence-electron chi connectivity index (χ1n) is 10.3. The predicted molar refractivity (Wildman–Crippen MR) is 125 cm³/mol. The summed E-state index contributed by atoms with van der Waals surface area (Å²) in [4.78, 5) is 19.9. The number of anilines is 3. The van der Waals surface area contributed by atoms with Crippen LogP contribution in [0.25, 0.3) is 22.1 Å². The monoisotopic (exact) mass is 449 g/mol. The van der Waals surface area contributed by atoms with Crippen molar-refractivity contribution in [2.24, 2.45) is 0 Å². The van der Waals surface area contributed by atoms with Crippen LogP contribution >= 0.6 is 11.3 Å².